The number of nitrogens with zero attached hydrogens (tertiary/aromatic N) is 1. The molecule has 0 spiro atoms. The fraction of sp³-hybridized carbons (Fsp3) is 0.188. The number of rotatable bonds is 4. The van der Waals surface area contributed by atoms with Crippen molar-refractivity contribution < 1.29 is 26.7 Å². The third kappa shape index (κ3) is 2.20. The van der Waals surface area contributed by atoms with Crippen LogP contribution >= 0.6 is 16.8 Å². The Kier molecular flexibility index (Phi) is 3.01. The van der Waals surface area contributed by atoms with Crippen LogP contribution in [0.25, 0.3) is 21.8 Å². The predicted molar refractivity (Wildman–Crippen MR) is 89.1 cm³/mol. The molecule has 21 heavy (non-hydrogen) atoms. The van der Waals surface area contributed by atoms with E-state index >= 15 is 0 Å². The molecule has 0 bridgehead atoms. The number of halogens is 2. The van der Waals surface area contributed by atoms with Crippen LogP contribution in [0, 0.1) is 0 Å². The number of fused-ring (bicyclic) bond motifs is 3. The van der Waals surface area contributed by atoms with Crippen LogP contribution in [-0.2, 0) is 4.74 Å². The van der Waals surface area contributed by atoms with Gasteiger partial charge in [-0.2, -0.15) is 0 Å². The quantitative estimate of drug-likeness (QED) is 0.383. The summed E-state index contributed by atoms with van der Waals surface area (Å²) in [6.45, 7) is 1.50. The van der Waals surface area contributed by atoms with Gasteiger partial charge in [0.05, 0.1) is 0 Å². The number of aromatic nitrogens is 1. The van der Waals surface area contributed by atoms with Gasteiger partial charge in [0, 0.05) is 0 Å². The Morgan fingerprint density at radius 2 is 2.00 bits per heavy atom. The van der Waals surface area contributed by atoms with Crippen molar-refractivity contribution in [3.05, 3.63) is 42.5 Å². The topological polar surface area (TPSA) is 26.7 Å². The van der Waals surface area contributed by atoms with Crippen LogP contribution in [0.15, 0.2) is 42.5 Å². The summed E-state index contributed by atoms with van der Waals surface area (Å²) in [5.74, 6) is 0.996. The molecular formula is C16H12I2NO2-. The van der Waals surface area contributed by atoms with Gasteiger partial charge in [-0.05, 0) is 0 Å². The standard InChI is InChI=1S/C16H12I2NO2/c1-2-5-12-11(4-1)15-13(19(12)16-17-18-16)6-3-7-14(15)21-9-10-8-20-10/h1-7,10H,8-9H2/q-1. The number of hydrogen-bond acceptors (Lipinski definition) is 2. The maximum atomic E-state index is 6.04. The Balaban J connectivity index is 1.78. The minimum atomic E-state index is 0.295. The molecule has 108 valence electrons. The molecule has 1 aromatic heterocycles. The van der Waals surface area contributed by atoms with Crippen LogP contribution in [0.1, 0.15) is 0 Å². The second-order valence-corrected chi connectivity index (χ2v) is 15.5. The van der Waals surface area contributed by atoms with Crippen molar-refractivity contribution in [2.45, 2.75) is 6.10 Å². The van der Waals surface area contributed by atoms with Gasteiger partial charge in [0.1, 0.15) is 0 Å². The second kappa shape index (κ2) is 4.92. The molecule has 3 heterocycles. The summed E-state index contributed by atoms with van der Waals surface area (Å²) in [6.07, 6.45) is 0.295. The summed E-state index contributed by atoms with van der Waals surface area (Å²) < 4.78 is 15.5. The fourth-order valence-corrected chi connectivity index (χ4v) is 7.27. The number of benzene rings is 2. The molecule has 3 nitrogen and oxygen atoms in total. The van der Waals surface area contributed by atoms with Gasteiger partial charge in [-0.3, -0.25) is 0 Å². The number of epoxide rings is 1. The third-order valence-electron chi connectivity index (χ3n) is 3.79. The van der Waals surface area contributed by atoms with Gasteiger partial charge in [0.2, 0.25) is 0 Å². The fourth-order valence-electron chi connectivity index (χ4n) is 2.72. The average molecular weight is 504 g/mol. The van der Waals surface area contributed by atoms with Crippen molar-refractivity contribution in [1.29, 1.82) is 0 Å². The first-order valence-corrected chi connectivity index (χ1v) is 15.3. The van der Waals surface area contributed by atoms with Crippen molar-refractivity contribution in [2.24, 2.45) is 0 Å². The molecule has 1 fully saturated rings. The van der Waals surface area contributed by atoms with E-state index in [0.717, 1.165) is 12.4 Å². The first-order valence-electron chi connectivity index (χ1n) is 6.85. The summed E-state index contributed by atoms with van der Waals surface area (Å²) in [7, 11) is 0. The summed E-state index contributed by atoms with van der Waals surface area (Å²) in [4.78, 5) is 0. The van der Waals surface area contributed by atoms with E-state index in [4.69, 9.17) is 9.47 Å². The van der Waals surface area contributed by atoms with Crippen molar-refractivity contribution in [3.8, 4) is 5.75 Å². The van der Waals surface area contributed by atoms with Crippen LogP contribution in [0.5, 0.6) is 5.75 Å². The molecule has 2 aromatic carbocycles. The zero-order valence-electron chi connectivity index (χ0n) is 11.1. The van der Waals surface area contributed by atoms with Crippen LogP contribution in [0.3, 0.4) is 0 Å². The van der Waals surface area contributed by atoms with Gasteiger partial charge in [-0.1, -0.05) is 0 Å². The van der Waals surface area contributed by atoms with Gasteiger partial charge in [0.25, 0.3) is 0 Å². The Hall–Kier alpha value is -0.670. The molecule has 0 saturated carbocycles. The molecule has 0 amide bonds. The first kappa shape index (κ1) is 12.8. The minimum absolute atomic E-state index is 0.295. The molecule has 0 N–H and O–H groups in total. The van der Waals surface area contributed by atoms with Crippen LogP contribution < -0.4 is 22.0 Å². The molecule has 5 heteroatoms. The zero-order valence-corrected chi connectivity index (χ0v) is 15.4. The molecule has 0 aliphatic carbocycles. The van der Waals surface area contributed by atoms with Gasteiger partial charge < -0.3 is 0 Å². The number of hydrogen-bond donors (Lipinski definition) is 0. The Morgan fingerprint density at radius 1 is 1.19 bits per heavy atom. The van der Waals surface area contributed by atoms with E-state index in [0.29, 0.717) is 46.7 Å². The van der Waals surface area contributed by atoms with Crippen LogP contribution in [0.2, 0.25) is 0 Å². The molecule has 2 aliphatic heterocycles. The average Bonchev–Trinajstić information content (AvgIpc) is 3.42. The van der Waals surface area contributed by atoms with E-state index in [1.54, 1.807) is 1.64 Å². The van der Waals surface area contributed by atoms with Gasteiger partial charge in [-0.25, -0.2) is 0 Å². The van der Waals surface area contributed by atoms with E-state index in [-0.39, 0.29) is 0 Å². The second-order valence-electron chi connectivity index (χ2n) is 5.15. The summed E-state index contributed by atoms with van der Waals surface area (Å²) in [6, 6.07) is 15.1. The molecule has 3 aromatic rings. The molecule has 5 rings (SSSR count). The van der Waals surface area contributed by atoms with E-state index < -0.39 is 0 Å². The van der Waals surface area contributed by atoms with Crippen molar-refractivity contribution in [2.75, 3.05) is 13.2 Å². The predicted octanol–water partition coefficient (Wildman–Crippen LogP) is 0.496. The summed E-state index contributed by atoms with van der Waals surface area (Å²) in [5.41, 5.74) is 2.66. The van der Waals surface area contributed by atoms with Crippen molar-refractivity contribution in [3.63, 3.8) is 0 Å². The maximum absolute atomic E-state index is 6.04. The Morgan fingerprint density at radius 3 is 2.81 bits per heavy atom. The number of para-hydroxylation sites is 1. The van der Waals surface area contributed by atoms with E-state index in [1.165, 1.54) is 21.8 Å². The van der Waals surface area contributed by atoms with E-state index in [9.17, 15) is 0 Å². The van der Waals surface area contributed by atoms with E-state index in [2.05, 4.69) is 47.0 Å². The normalized spacial score (nSPS) is 20.6. The van der Waals surface area contributed by atoms with Gasteiger partial charge in [-0.15, -0.1) is 0 Å². The molecule has 2 aliphatic rings. The monoisotopic (exact) mass is 504 g/mol. The SMILES string of the molecule is c1ccc2c(c1)c1c(OCC3CO3)cccc1n2C1=I[I-]1. The van der Waals surface area contributed by atoms with Crippen LogP contribution in [0.4, 0.5) is 0 Å². The third-order valence-corrected chi connectivity index (χ3v) is 10.7. The molecule has 1 unspecified atom stereocenters. The van der Waals surface area contributed by atoms with Crippen molar-refractivity contribution >= 4 is 40.2 Å². The Labute approximate surface area is 138 Å². The van der Waals surface area contributed by atoms with Gasteiger partial charge >= 0.3 is 139 Å². The number of ether oxygens (including phenoxy) is 2. The summed E-state index contributed by atoms with van der Waals surface area (Å²) in [5, 5.41) is 2.58. The molecule has 1 atom stereocenters. The Bertz CT molecular complexity index is 896. The molecular weight excluding hydrogens is 492 g/mol. The van der Waals surface area contributed by atoms with E-state index in [1.807, 2.05) is 0 Å². The summed E-state index contributed by atoms with van der Waals surface area (Å²) >= 11 is 0.764. The van der Waals surface area contributed by atoms with Gasteiger partial charge in [0.15, 0.2) is 0 Å². The molecule has 1 saturated heterocycles. The van der Waals surface area contributed by atoms with Crippen LogP contribution in [-0.4, -0.2) is 25.5 Å². The zero-order chi connectivity index (χ0) is 13.8. The molecule has 0 radical (unpaired) electrons. The first-order chi connectivity index (χ1) is 10.4. The van der Waals surface area contributed by atoms with Crippen molar-refractivity contribution in [1.82, 2.24) is 4.57 Å².